The van der Waals surface area contributed by atoms with E-state index in [0.29, 0.717) is 28.8 Å². The van der Waals surface area contributed by atoms with Crippen molar-refractivity contribution in [3.05, 3.63) is 88.8 Å². The highest BCUT2D eigenvalue weighted by molar-refractivity contribution is 6.30. The summed E-state index contributed by atoms with van der Waals surface area (Å²) in [6.45, 7) is 0.228. The number of carbonyl (C=O) groups is 1. The van der Waals surface area contributed by atoms with Gasteiger partial charge < -0.3 is 15.3 Å². The minimum Gasteiger partial charge on any atom is -0.394 e. The molecule has 0 bridgehead atoms. The Hall–Kier alpha value is -3.75. The average molecular weight is 461 g/mol. The monoisotopic (exact) mass is 460 g/mol. The largest absolute Gasteiger partial charge is 0.394 e. The van der Waals surface area contributed by atoms with Crippen LogP contribution in [0.25, 0.3) is 11.3 Å². The highest BCUT2D eigenvalue weighted by atomic mass is 35.5. The summed E-state index contributed by atoms with van der Waals surface area (Å²) in [5, 5.41) is 17.9. The number of benzene rings is 2. The molecule has 33 heavy (non-hydrogen) atoms. The molecule has 1 aliphatic rings. The molecule has 0 fully saturated rings. The number of rotatable bonds is 6. The number of nitrogens with one attached hydrogen (secondary N) is 1. The number of aryl methyl sites for hydroxylation is 1. The fourth-order valence-corrected chi connectivity index (χ4v) is 4.23. The number of halogens is 1. The molecular weight excluding hydrogens is 440 g/mol. The molecule has 9 heteroatoms. The molecule has 166 valence electrons. The van der Waals surface area contributed by atoms with Crippen molar-refractivity contribution in [1.29, 1.82) is 0 Å². The second-order valence-corrected chi connectivity index (χ2v) is 8.29. The molecule has 1 atom stereocenters. The third kappa shape index (κ3) is 4.18. The van der Waals surface area contributed by atoms with Gasteiger partial charge >= 0.3 is 0 Å². The van der Waals surface area contributed by atoms with Crippen molar-refractivity contribution in [1.82, 2.24) is 24.6 Å². The smallest absolute Gasteiger partial charge is 0.255 e. The lowest BCUT2D eigenvalue weighted by molar-refractivity contribution is 0.0615. The summed E-state index contributed by atoms with van der Waals surface area (Å²) in [5.41, 5.74) is 4.60. The van der Waals surface area contributed by atoms with Gasteiger partial charge in [-0.25, -0.2) is 9.97 Å². The zero-order valence-corrected chi connectivity index (χ0v) is 18.6. The number of fused-ring (bicyclic) bond motifs is 1. The minimum atomic E-state index is -0.471. The summed E-state index contributed by atoms with van der Waals surface area (Å²) in [4.78, 5) is 23.8. The highest BCUT2D eigenvalue weighted by Gasteiger charge is 2.33. The summed E-state index contributed by atoms with van der Waals surface area (Å²) in [5.74, 6) is 0.309. The van der Waals surface area contributed by atoms with E-state index in [1.165, 1.54) is 0 Å². The lowest BCUT2D eigenvalue weighted by atomic mass is 10.0. The molecule has 2 N–H and O–H groups in total. The maximum Gasteiger partial charge on any atom is 0.255 e. The lowest BCUT2D eigenvalue weighted by Gasteiger charge is -2.26. The zero-order chi connectivity index (χ0) is 22.9. The Morgan fingerprint density at radius 2 is 2.09 bits per heavy atom. The summed E-state index contributed by atoms with van der Waals surface area (Å²) in [7, 11) is 1.83. The highest BCUT2D eigenvalue weighted by Crippen LogP contribution is 2.34. The standard InChI is InChI=1S/C24H21ClN6O2/c1-30-13-19(11-27-30)28-24-26-8-7-21(29-24)15-5-6-17-12-31(23(33)20(17)10-15)22(14-32)16-3-2-4-18(25)9-16/h2-11,13,22,32H,12,14H2,1H3,(H,26,28,29)/t22-/m1/s1. The van der Waals surface area contributed by atoms with Gasteiger partial charge in [0.05, 0.1) is 30.2 Å². The molecule has 1 amide bonds. The first-order valence-electron chi connectivity index (χ1n) is 10.4. The first-order chi connectivity index (χ1) is 16.0. The van der Waals surface area contributed by atoms with Crippen LogP contribution in [-0.2, 0) is 13.6 Å². The van der Waals surface area contributed by atoms with E-state index in [-0.39, 0.29) is 12.5 Å². The fourth-order valence-electron chi connectivity index (χ4n) is 4.03. The van der Waals surface area contributed by atoms with E-state index in [1.807, 2.05) is 43.6 Å². The summed E-state index contributed by atoms with van der Waals surface area (Å²) in [6, 6.07) is 14.3. The number of carbonyl (C=O) groups excluding carboxylic acids is 1. The summed E-state index contributed by atoms with van der Waals surface area (Å²) in [6.07, 6.45) is 5.19. The third-order valence-electron chi connectivity index (χ3n) is 5.64. The van der Waals surface area contributed by atoms with Gasteiger partial charge in [0.15, 0.2) is 0 Å². The Morgan fingerprint density at radius 1 is 1.21 bits per heavy atom. The van der Waals surface area contributed by atoms with Crippen molar-refractivity contribution in [2.24, 2.45) is 7.05 Å². The first kappa shape index (κ1) is 21.1. The SMILES string of the molecule is Cn1cc(Nc2nccc(-c3ccc4c(c3)C(=O)N([C@H](CO)c3cccc(Cl)c3)C4)n2)cn1. The van der Waals surface area contributed by atoms with Gasteiger partial charge in [0.1, 0.15) is 0 Å². The molecule has 0 saturated heterocycles. The number of aromatic nitrogens is 4. The molecule has 0 saturated carbocycles. The van der Waals surface area contributed by atoms with Gasteiger partial charge in [-0.15, -0.1) is 0 Å². The predicted octanol–water partition coefficient (Wildman–Crippen LogP) is 3.96. The molecule has 0 unspecified atom stereocenters. The van der Waals surface area contributed by atoms with Gasteiger partial charge in [0.25, 0.3) is 5.91 Å². The van der Waals surface area contributed by atoms with E-state index >= 15 is 0 Å². The molecule has 2 aromatic carbocycles. The van der Waals surface area contributed by atoms with Crippen LogP contribution in [0.2, 0.25) is 5.02 Å². The predicted molar refractivity (Wildman–Crippen MR) is 125 cm³/mol. The van der Waals surface area contributed by atoms with Crippen molar-refractivity contribution in [3.8, 4) is 11.3 Å². The molecule has 4 aromatic rings. The maximum absolute atomic E-state index is 13.3. The fraction of sp³-hybridized carbons (Fsp3) is 0.167. The number of anilines is 2. The van der Waals surface area contributed by atoms with Crippen LogP contribution in [-0.4, -0.2) is 42.3 Å². The van der Waals surface area contributed by atoms with Crippen LogP contribution in [0.1, 0.15) is 27.5 Å². The van der Waals surface area contributed by atoms with Crippen LogP contribution in [0.4, 0.5) is 11.6 Å². The number of hydrogen-bond acceptors (Lipinski definition) is 6. The first-order valence-corrected chi connectivity index (χ1v) is 10.8. The summed E-state index contributed by atoms with van der Waals surface area (Å²) < 4.78 is 1.69. The number of aliphatic hydroxyl groups is 1. The normalized spacial score (nSPS) is 13.8. The molecule has 0 aliphatic carbocycles. The van der Waals surface area contributed by atoms with E-state index in [9.17, 15) is 9.90 Å². The van der Waals surface area contributed by atoms with Gasteiger partial charge in [-0.1, -0.05) is 35.9 Å². The minimum absolute atomic E-state index is 0.131. The van der Waals surface area contributed by atoms with E-state index in [0.717, 1.165) is 22.4 Å². The van der Waals surface area contributed by atoms with Crippen LogP contribution < -0.4 is 5.32 Å². The van der Waals surface area contributed by atoms with Gasteiger partial charge in [-0.3, -0.25) is 9.48 Å². The van der Waals surface area contributed by atoms with Crippen molar-refractivity contribution < 1.29 is 9.90 Å². The van der Waals surface area contributed by atoms with Crippen LogP contribution in [0, 0.1) is 0 Å². The van der Waals surface area contributed by atoms with Gasteiger partial charge in [0, 0.05) is 42.1 Å². The Morgan fingerprint density at radius 3 is 2.85 bits per heavy atom. The summed E-state index contributed by atoms with van der Waals surface area (Å²) >= 11 is 6.12. The molecular formula is C24H21ClN6O2. The second kappa shape index (κ2) is 8.65. The van der Waals surface area contributed by atoms with Crippen molar-refractivity contribution in [3.63, 3.8) is 0 Å². The molecule has 0 radical (unpaired) electrons. The molecule has 3 heterocycles. The van der Waals surface area contributed by atoms with E-state index in [2.05, 4.69) is 20.4 Å². The topological polar surface area (TPSA) is 96.2 Å². The van der Waals surface area contributed by atoms with E-state index in [4.69, 9.17) is 11.6 Å². The van der Waals surface area contributed by atoms with Crippen LogP contribution >= 0.6 is 11.6 Å². The van der Waals surface area contributed by atoms with Crippen LogP contribution in [0.15, 0.2) is 67.1 Å². The number of aliphatic hydroxyl groups excluding tert-OH is 1. The molecule has 1 aliphatic heterocycles. The second-order valence-electron chi connectivity index (χ2n) is 7.85. The van der Waals surface area contributed by atoms with Gasteiger partial charge in [0.2, 0.25) is 5.95 Å². The van der Waals surface area contributed by atoms with Crippen molar-refractivity contribution in [2.75, 3.05) is 11.9 Å². The van der Waals surface area contributed by atoms with E-state index in [1.54, 1.807) is 40.2 Å². The van der Waals surface area contributed by atoms with Crippen molar-refractivity contribution >= 4 is 29.1 Å². The average Bonchev–Trinajstić information content (AvgIpc) is 3.37. The number of hydrogen-bond donors (Lipinski definition) is 2. The molecule has 8 nitrogen and oxygen atoms in total. The molecule has 2 aromatic heterocycles. The Kier molecular flexibility index (Phi) is 5.53. The molecule has 5 rings (SSSR count). The van der Waals surface area contributed by atoms with Crippen LogP contribution in [0.3, 0.4) is 0 Å². The lowest BCUT2D eigenvalue weighted by Crippen LogP contribution is -2.31. The molecule has 0 spiro atoms. The number of amides is 1. The van der Waals surface area contributed by atoms with Gasteiger partial charge in [-0.05, 0) is 35.4 Å². The Balaban J connectivity index is 1.41. The Bertz CT molecular complexity index is 1340. The zero-order valence-electron chi connectivity index (χ0n) is 17.8. The Labute approximate surface area is 195 Å². The number of nitrogens with zero attached hydrogens (tertiary/aromatic N) is 5. The van der Waals surface area contributed by atoms with Crippen LogP contribution in [0.5, 0.6) is 0 Å². The van der Waals surface area contributed by atoms with E-state index < -0.39 is 6.04 Å². The quantitative estimate of drug-likeness (QED) is 0.452. The van der Waals surface area contributed by atoms with Gasteiger partial charge in [-0.2, -0.15) is 5.10 Å². The third-order valence-corrected chi connectivity index (χ3v) is 5.87. The maximum atomic E-state index is 13.3. The van der Waals surface area contributed by atoms with Crippen molar-refractivity contribution in [2.45, 2.75) is 12.6 Å².